The van der Waals surface area contributed by atoms with Crippen LogP contribution in [0, 0.1) is 0 Å². The molecule has 0 rings (SSSR count). The molecular weight excluding hydrogens is 313 g/mol. The van der Waals surface area contributed by atoms with E-state index in [9.17, 15) is 26.3 Å². The van der Waals surface area contributed by atoms with E-state index in [1.165, 1.54) is 0 Å². The van der Waals surface area contributed by atoms with Gasteiger partial charge in [-0.3, -0.25) is 0 Å². The number of hydrogen-bond acceptors (Lipinski definition) is 0. The normalized spacial score (nSPS) is 14.4. The van der Waals surface area contributed by atoms with Crippen LogP contribution in [-0.2, 0) is 0 Å². The Kier molecular flexibility index (Phi) is 3.67. The van der Waals surface area contributed by atoms with Crippen LogP contribution in [0.25, 0.3) is 0 Å². The predicted octanol–water partition coefficient (Wildman–Crippen LogP) is 3.86. The molecular formula is C6H5F6I. The van der Waals surface area contributed by atoms with Crippen LogP contribution in [0.2, 0.25) is 0 Å². The van der Waals surface area contributed by atoms with E-state index < -0.39 is 22.2 Å². The zero-order valence-electron chi connectivity index (χ0n) is 6.14. The van der Waals surface area contributed by atoms with E-state index in [0.717, 1.165) is 0 Å². The summed E-state index contributed by atoms with van der Waals surface area (Å²) >= 11 is -0.0134. The highest BCUT2D eigenvalue weighted by molar-refractivity contribution is 14.1. The molecule has 0 aliphatic heterocycles. The van der Waals surface area contributed by atoms with Crippen molar-refractivity contribution in [2.45, 2.75) is 22.2 Å². The molecule has 0 nitrogen and oxygen atoms in total. The highest BCUT2D eigenvalue weighted by Gasteiger charge is 2.69. The third kappa shape index (κ3) is 2.50. The van der Waals surface area contributed by atoms with Crippen molar-refractivity contribution in [3.05, 3.63) is 12.7 Å². The van der Waals surface area contributed by atoms with Crippen molar-refractivity contribution in [2.75, 3.05) is 0 Å². The van der Waals surface area contributed by atoms with Crippen LogP contribution in [-0.4, -0.2) is 15.8 Å². The fraction of sp³-hybridized carbons (Fsp3) is 0.667. The first-order chi connectivity index (χ1) is 5.56. The molecule has 0 spiro atoms. The molecule has 0 aromatic rings. The Morgan fingerprint density at radius 3 is 1.69 bits per heavy atom. The van der Waals surface area contributed by atoms with Gasteiger partial charge in [0, 0.05) is 29.0 Å². The molecule has 0 fully saturated rings. The van der Waals surface area contributed by atoms with Crippen LogP contribution in [0.1, 0.15) is 6.42 Å². The molecule has 0 radical (unpaired) electrons. The molecule has 0 atom stereocenters. The van der Waals surface area contributed by atoms with E-state index >= 15 is 0 Å². The number of rotatable bonds is 4. The van der Waals surface area contributed by atoms with Crippen molar-refractivity contribution in [1.82, 2.24) is 0 Å². The molecule has 0 N–H and O–H groups in total. The first kappa shape index (κ1) is 13.1. The summed E-state index contributed by atoms with van der Waals surface area (Å²) < 4.78 is 68.8. The molecule has 13 heavy (non-hydrogen) atoms. The molecule has 0 saturated heterocycles. The second kappa shape index (κ2) is 3.66. The lowest BCUT2D eigenvalue weighted by Gasteiger charge is -2.28. The SMILES string of the molecule is C=CCC(F)(F)C(F)(F)C(F)(F)I. The minimum atomic E-state index is -5.37. The van der Waals surface area contributed by atoms with Crippen LogP contribution in [0.4, 0.5) is 26.3 Å². The number of alkyl halides is 7. The Labute approximate surface area is 84.1 Å². The first-order valence-corrected chi connectivity index (χ1v) is 4.07. The summed E-state index contributed by atoms with van der Waals surface area (Å²) in [4.78, 5) is 0. The van der Waals surface area contributed by atoms with Crippen LogP contribution in [0.15, 0.2) is 12.7 Å². The van der Waals surface area contributed by atoms with Gasteiger partial charge in [-0.2, -0.15) is 26.3 Å². The average molecular weight is 318 g/mol. The second-order valence-corrected chi connectivity index (χ2v) is 3.62. The molecule has 78 valence electrons. The van der Waals surface area contributed by atoms with Gasteiger partial charge < -0.3 is 0 Å². The van der Waals surface area contributed by atoms with Crippen LogP contribution in [0.3, 0.4) is 0 Å². The van der Waals surface area contributed by atoms with Crippen molar-refractivity contribution in [3.63, 3.8) is 0 Å². The van der Waals surface area contributed by atoms with E-state index in [0.29, 0.717) is 6.08 Å². The van der Waals surface area contributed by atoms with Gasteiger partial charge in [0.25, 0.3) is 0 Å². The molecule has 0 heterocycles. The standard InChI is InChI=1S/C6H5F6I/c1-2-3-4(7,8)5(9,10)6(11,12)13/h2H,1,3H2. The van der Waals surface area contributed by atoms with Gasteiger partial charge in [-0.15, -0.1) is 6.58 Å². The topological polar surface area (TPSA) is 0 Å². The van der Waals surface area contributed by atoms with Gasteiger partial charge in [0.05, 0.1) is 0 Å². The van der Waals surface area contributed by atoms with Crippen molar-refractivity contribution in [2.24, 2.45) is 0 Å². The van der Waals surface area contributed by atoms with E-state index in [-0.39, 0.29) is 22.6 Å². The lowest BCUT2D eigenvalue weighted by Crippen LogP contribution is -2.50. The van der Waals surface area contributed by atoms with Crippen molar-refractivity contribution in [1.29, 1.82) is 0 Å². The van der Waals surface area contributed by atoms with Crippen molar-refractivity contribution < 1.29 is 26.3 Å². The smallest absolute Gasteiger partial charge is 0.199 e. The van der Waals surface area contributed by atoms with Gasteiger partial charge in [0.2, 0.25) is 0 Å². The maximum Gasteiger partial charge on any atom is 0.381 e. The average Bonchev–Trinajstić information content (AvgIpc) is 1.84. The summed E-state index contributed by atoms with van der Waals surface area (Å²) in [6.45, 7) is 2.78. The zero-order chi connectivity index (χ0) is 10.9. The summed E-state index contributed by atoms with van der Waals surface area (Å²) in [5.74, 6) is -10.1. The lowest BCUT2D eigenvalue weighted by molar-refractivity contribution is -0.268. The molecule has 0 aromatic carbocycles. The predicted molar refractivity (Wildman–Crippen MR) is 43.7 cm³/mol. The van der Waals surface area contributed by atoms with E-state index in [1.54, 1.807) is 0 Å². The highest BCUT2D eigenvalue weighted by Crippen LogP contribution is 2.50. The Hall–Kier alpha value is 0.0500. The Bertz CT molecular complexity index is 194. The molecule has 0 amide bonds. The number of allylic oxidation sites excluding steroid dienone is 1. The van der Waals surface area contributed by atoms with Gasteiger partial charge >= 0.3 is 15.8 Å². The molecule has 0 aromatic heterocycles. The first-order valence-electron chi connectivity index (χ1n) is 2.99. The van der Waals surface area contributed by atoms with Crippen molar-refractivity contribution in [3.8, 4) is 0 Å². The van der Waals surface area contributed by atoms with E-state index in [4.69, 9.17) is 0 Å². The highest BCUT2D eigenvalue weighted by atomic mass is 127. The molecule has 0 unspecified atom stereocenters. The largest absolute Gasteiger partial charge is 0.381 e. The minimum absolute atomic E-state index is 0.0134. The molecule has 7 heteroatoms. The molecule has 0 aliphatic carbocycles. The fourth-order valence-corrected chi connectivity index (χ4v) is 0.911. The van der Waals surface area contributed by atoms with Gasteiger partial charge in [-0.05, 0) is 0 Å². The molecule has 0 saturated carbocycles. The minimum Gasteiger partial charge on any atom is -0.199 e. The summed E-state index contributed by atoms with van der Waals surface area (Å²) in [5.41, 5.74) is 0. The number of halogens is 7. The van der Waals surface area contributed by atoms with Gasteiger partial charge in [0.15, 0.2) is 0 Å². The summed E-state index contributed by atoms with van der Waals surface area (Å²) in [6.07, 6.45) is -1.02. The van der Waals surface area contributed by atoms with E-state index in [2.05, 4.69) is 6.58 Å². The Morgan fingerprint density at radius 1 is 1.08 bits per heavy atom. The number of hydrogen-bond donors (Lipinski definition) is 0. The van der Waals surface area contributed by atoms with Crippen molar-refractivity contribution >= 4 is 22.6 Å². The van der Waals surface area contributed by atoms with E-state index in [1.807, 2.05) is 0 Å². The van der Waals surface area contributed by atoms with Gasteiger partial charge in [-0.1, -0.05) is 6.08 Å². The fourth-order valence-electron chi connectivity index (χ4n) is 0.517. The van der Waals surface area contributed by atoms with Crippen LogP contribution < -0.4 is 0 Å². The monoisotopic (exact) mass is 318 g/mol. The summed E-state index contributed by atoms with van der Waals surface area (Å²) in [6, 6.07) is 0. The third-order valence-corrected chi connectivity index (χ3v) is 1.89. The van der Waals surface area contributed by atoms with Crippen LogP contribution >= 0.6 is 22.6 Å². The van der Waals surface area contributed by atoms with Gasteiger partial charge in [-0.25, -0.2) is 0 Å². The molecule has 0 aliphatic rings. The second-order valence-electron chi connectivity index (χ2n) is 2.27. The zero-order valence-corrected chi connectivity index (χ0v) is 8.29. The quantitative estimate of drug-likeness (QED) is 0.320. The maximum absolute atomic E-state index is 12.4. The Morgan fingerprint density at radius 2 is 1.46 bits per heavy atom. The maximum atomic E-state index is 12.4. The summed E-state index contributed by atoms with van der Waals surface area (Å²) in [5, 5.41) is 0. The third-order valence-electron chi connectivity index (χ3n) is 1.22. The van der Waals surface area contributed by atoms with Gasteiger partial charge in [0.1, 0.15) is 0 Å². The Balaban J connectivity index is 4.91. The van der Waals surface area contributed by atoms with Crippen LogP contribution in [0.5, 0.6) is 0 Å². The summed E-state index contributed by atoms with van der Waals surface area (Å²) in [7, 11) is 0. The lowest BCUT2D eigenvalue weighted by atomic mass is 10.1. The molecule has 0 bridgehead atoms.